The average molecular weight is 272 g/mol. The third-order valence-electron chi connectivity index (χ3n) is 2.62. The first-order valence-corrected chi connectivity index (χ1v) is 7.25. The molecule has 0 aliphatic carbocycles. The molecular formula is C11H20N4O2S. The Kier molecular flexibility index (Phi) is 5.67. The fourth-order valence-corrected chi connectivity index (χ4v) is 2.60. The van der Waals surface area contributed by atoms with Crippen LogP contribution in [-0.4, -0.2) is 37.8 Å². The van der Waals surface area contributed by atoms with Crippen molar-refractivity contribution in [3.63, 3.8) is 0 Å². The summed E-state index contributed by atoms with van der Waals surface area (Å²) in [7, 11) is -1.93. The van der Waals surface area contributed by atoms with Crippen LogP contribution in [0.5, 0.6) is 0 Å². The molecule has 1 aromatic rings. The average Bonchev–Trinajstić information content (AvgIpc) is 2.36. The predicted octanol–water partition coefficient (Wildman–Crippen LogP) is 0.258. The zero-order valence-corrected chi connectivity index (χ0v) is 11.5. The Bertz CT molecular complexity index is 449. The highest BCUT2D eigenvalue weighted by Crippen LogP contribution is 2.12. The van der Waals surface area contributed by atoms with Crippen LogP contribution in [0.4, 0.5) is 0 Å². The Balaban J connectivity index is 2.65. The second kappa shape index (κ2) is 6.79. The van der Waals surface area contributed by atoms with E-state index in [-0.39, 0.29) is 6.04 Å². The van der Waals surface area contributed by atoms with E-state index in [0.717, 1.165) is 5.56 Å². The highest BCUT2D eigenvalue weighted by atomic mass is 32.2. The van der Waals surface area contributed by atoms with Crippen LogP contribution < -0.4 is 10.5 Å². The molecule has 1 rings (SSSR count). The van der Waals surface area contributed by atoms with Crippen LogP contribution >= 0.6 is 0 Å². The second-order valence-corrected chi connectivity index (χ2v) is 5.90. The summed E-state index contributed by atoms with van der Waals surface area (Å²) in [5, 5.41) is 0. The van der Waals surface area contributed by atoms with E-state index in [0.29, 0.717) is 19.5 Å². The molecular weight excluding hydrogens is 252 g/mol. The SMILES string of the molecule is CC(NS(=O)(=O)N(C)CCCN)c1ccncc1. The van der Waals surface area contributed by atoms with Gasteiger partial charge in [-0.1, -0.05) is 0 Å². The number of nitrogens with zero attached hydrogens (tertiary/aromatic N) is 2. The van der Waals surface area contributed by atoms with E-state index in [2.05, 4.69) is 9.71 Å². The van der Waals surface area contributed by atoms with E-state index in [4.69, 9.17) is 5.73 Å². The summed E-state index contributed by atoms with van der Waals surface area (Å²) in [5.74, 6) is 0. The van der Waals surface area contributed by atoms with Gasteiger partial charge in [0.1, 0.15) is 0 Å². The van der Waals surface area contributed by atoms with Crippen molar-refractivity contribution in [2.45, 2.75) is 19.4 Å². The number of nitrogens with two attached hydrogens (primary N) is 1. The lowest BCUT2D eigenvalue weighted by atomic mass is 10.1. The molecule has 1 aromatic heterocycles. The van der Waals surface area contributed by atoms with E-state index in [1.54, 1.807) is 31.5 Å². The van der Waals surface area contributed by atoms with Crippen LogP contribution in [0.25, 0.3) is 0 Å². The second-order valence-electron chi connectivity index (χ2n) is 4.09. The molecule has 0 saturated heterocycles. The fourth-order valence-electron chi connectivity index (χ4n) is 1.47. The van der Waals surface area contributed by atoms with Crippen molar-refractivity contribution in [3.8, 4) is 0 Å². The Morgan fingerprint density at radius 1 is 1.44 bits per heavy atom. The van der Waals surface area contributed by atoms with Crippen molar-refractivity contribution >= 4 is 10.2 Å². The van der Waals surface area contributed by atoms with Crippen molar-refractivity contribution in [2.24, 2.45) is 5.73 Å². The van der Waals surface area contributed by atoms with Crippen LogP contribution in [0.15, 0.2) is 24.5 Å². The first-order chi connectivity index (χ1) is 8.47. The van der Waals surface area contributed by atoms with Crippen molar-refractivity contribution in [1.29, 1.82) is 0 Å². The molecule has 0 radical (unpaired) electrons. The molecule has 102 valence electrons. The molecule has 6 nitrogen and oxygen atoms in total. The number of hydrogen-bond acceptors (Lipinski definition) is 4. The van der Waals surface area contributed by atoms with E-state index in [9.17, 15) is 8.42 Å². The van der Waals surface area contributed by atoms with Crippen LogP contribution in [0, 0.1) is 0 Å². The topological polar surface area (TPSA) is 88.3 Å². The van der Waals surface area contributed by atoms with Gasteiger partial charge in [-0.15, -0.1) is 0 Å². The van der Waals surface area contributed by atoms with Gasteiger partial charge >= 0.3 is 0 Å². The Labute approximate surface area is 108 Å². The first-order valence-electron chi connectivity index (χ1n) is 5.81. The van der Waals surface area contributed by atoms with E-state index in [1.807, 2.05) is 0 Å². The van der Waals surface area contributed by atoms with Gasteiger partial charge in [-0.3, -0.25) is 4.98 Å². The zero-order valence-electron chi connectivity index (χ0n) is 10.7. The molecule has 1 atom stereocenters. The molecule has 0 saturated carbocycles. The van der Waals surface area contributed by atoms with E-state index in [1.165, 1.54) is 11.4 Å². The number of aromatic nitrogens is 1. The van der Waals surface area contributed by atoms with Crippen LogP contribution in [0.2, 0.25) is 0 Å². The van der Waals surface area contributed by atoms with Crippen LogP contribution in [-0.2, 0) is 10.2 Å². The minimum Gasteiger partial charge on any atom is -0.330 e. The van der Waals surface area contributed by atoms with Gasteiger partial charge in [-0.25, -0.2) is 0 Å². The Hall–Kier alpha value is -1.02. The quantitative estimate of drug-likeness (QED) is 0.745. The van der Waals surface area contributed by atoms with Gasteiger partial charge in [0.15, 0.2) is 0 Å². The maximum absolute atomic E-state index is 12.0. The van der Waals surface area contributed by atoms with Crippen molar-refractivity contribution in [3.05, 3.63) is 30.1 Å². The number of pyridine rings is 1. The molecule has 3 N–H and O–H groups in total. The van der Waals surface area contributed by atoms with Gasteiger partial charge in [-0.2, -0.15) is 17.4 Å². The Morgan fingerprint density at radius 3 is 2.61 bits per heavy atom. The van der Waals surface area contributed by atoms with Gasteiger partial charge in [-0.05, 0) is 37.6 Å². The summed E-state index contributed by atoms with van der Waals surface area (Å²) in [5.41, 5.74) is 6.24. The minimum absolute atomic E-state index is 0.293. The molecule has 0 aromatic carbocycles. The monoisotopic (exact) mass is 272 g/mol. The standard InChI is InChI=1S/C11H20N4O2S/c1-10(11-4-7-13-8-5-11)14-18(16,17)15(2)9-3-6-12/h4-5,7-8,10,14H,3,6,9,12H2,1-2H3. The molecule has 0 aliphatic rings. The predicted molar refractivity (Wildman–Crippen MR) is 71.0 cm³/mol. The first kappa shape index (κ1) is 15.0. The third-order valence-corrected chi connectivity index (χ3v) is 4.27. The van der Waals surface area contributed by atoms with Crippen molar-refractivity contribution in [1.82, 2.24) is 14.0 Å². The number of hydrogen-bond donors (Lipinski definition) is 2. The summed E-state index contributed by atoms with van der Waals surface area (Å²) in [4.78, 5) is 3.90. The summed E-state index contributed by atoms with van der Waals surface area (Å²) in [6, 6.07) is 3.28. The molecule has 7 heteroatoms. The summed E-state index contributed by atoms with van der Waals surface area (Å²) in [6.07, 6.45) is 3.91. The molecule has 1 heterocycles. The van der Waals surface area contributed by atoms with Gasteiger partial charge in [0.25, 0.3) is 10.2 Å². The summed E-state index contributed by atoms with van der Waals surface area (Å²) >= 11 is 0. The van der Waals surface area contributed by atoms with E-state index < -0.39 is 10.2 Å². The summed E-state index contributed by atoms with van der Waals surface area (Å²) in [6.45, 7) is 2.68. The maximum Gasteiger partial charge on any atom is 0.279 e. The lowest BCUT2D eigenvalue weighted by Gasteiger charge is -2.21. The maximum atomic E-state index is 12.0. The molecule has 0 amide bonds. The lowest BCUT2D eigenvalue weighted by Crippen LogP contribution is -2.40. The van der Waals surface area contributed by atoms with Crippen molar-refractivity contribution in [2.75, 3.05) is 20.1 Å². The molecule has 0 bridgehead atoms. The van der Waals surface area contributed by atoms with Crippen molar-refractivity contribution < 1.29 is 8.42 Å². The molecule has 0 fully saturated rings. The number of nitrogens with one attached hydrogen (secondary N) is 1. The van der Waals surface area contributed by atoms with Gasteiger partial charge < -0.3 is 5.73 Å². The van der Waals surface area contributed by atoms with Crippen LogP contribution in [0.1, 0.15) is 24.9 Å². The Morgan fingerprint density at radius 2 is 2.06 bits per heavy atom. The molecule has 18 heavy (non-hydrogen) atoms. The highest BCUT2D eigenvalue weighted by Gasteiger charge is 2.20. The van der Waals surface area contributed by atoms with E-state index >= 15 is 0 Å². The molecule has 0 aliphatic heterocycles. The minimum atomic E-state index is -3.47. The van der Waals surface area contributed by atoms with Gasteiger partial charge in [0, 0.05) is 32.0 Å². The zero-order chi connectivity index (χ0) is 13.6. The van der Waals surface area contributed by atoms with Gasteiger partial charge in [0.2, 0.25) is 0 Å². The smallest absolute Gasteiger partial charge is 0.279 e. The largest absolute Gasteiger partial charge is 0.330 e. The highest BCUT2D eigenvalue weighted by molar-refractivity contribution is 7.87. The summed E-state index contributed by atoms with van der Waals surface area (Å²) < 4.78 is 27.8. The third kappa shape index (κ3) is 4.34. The lowest BCUT2D eigenvalue weighted by molar-refractivity contribution is 0.446. The fraction of sp³-hybridized carbons (Fsp3) is 0.545. The molecule has 0 spiro atoms. The van der Waals surface area contributed by atoms with Crippen LogP contribution in [0.3, 0.4) is 0 Å². The number of rotatable bonds is 7. The van der Waals surface area contributed by atoms with Gasteiger partial charge in [0.05, 0.1) is 0 Å². The molecule has 1 unspecified atom stereocenters. The normalized spacial score (nSPS) is 13.8.